The van der Waals surface area contributed by atoms with E-state index in [0.29, 0.717) is 31.0 Å². The topological polar surface area (TPSA) is 62.3 Å². The number of carbonyl (C=O) groups excluding carboxylic acids is 2. The van der Waals surface area contributed by atoms with Crippen LogP contribution in [0, 0.1) is 0 Å². The molecule has 0 saturated heterocycles. The molecular formula is C22H25N3O2S. The van der Waals surface area contributed by atoms with Gasteiger partial charge in [-0.1, -0.05) is 43.2 Å². The number of carbonyl (C=O) groups is 2. The fraction of sp³-hybridized carbons (Fsp3) is 0.409. The third-order valence-corrected chi connectivity index (χ3v) is 6.45. The second kappa shape index (κ2) is 8.78. The van der Waals surface area contributed by atoms with E-state index in [1.54, 1.807) is 17.2 Å². The molecule has 2 amide bonds. The standard InChI is InChI=1S/C22H25N3O2S/c26-20(24-16-8-2-1-3-9-16)13-7-15-25-18-11-4-5-12-19(18)28-21-17(22(25)27)10-6-14-23-21/h4-6,10-12,14,16H,1-3,7-9,13,15H2,(H,24,26). The smallest absolute Gasteiger partial charge is 0.261 e. The highest BCUT2D eigenvalue weighted by Gasteiger charge is 2.27. The van der Waals surface area contributed by atoms with Crippen LogP contribution in [-0.2, 0) is 4.79 Å². The number of nitrogens with zero attached hydrogens (tertiary/aromatic N) is 2. The molecule has 1 aromatic heterocycles. The number of anilines is 1. The van der Waals surface area contributed by atoms with E-state index in [4.69, 9.17) is 0 Å². The van der Waals surface area contributed by atoms with Gasteiger partial charge in [0.1, 0.15) is 5.03 Å². The number of fused-ring (bicyclic) bond motifs is 2. The first-order valence-electron chi connectivity index (χ1n) is 10.1. The summed E-state index contributed by atoms with van der Waals surface area (Å²) in [7, 11) is 0. The summed E-state index contributed by atoms with van der Waals surface area (Å²) < 4.78 is 0. The van der Waals surface area contributed by atoms with Crippen LogP contribution in [0.2, 0.25) is 0 Å². The summed E-state index contributed by atoms with van der Waals surface area (Å²) in [5.41, 5.74) is 1.51. The van der Waals surface area contributed by atoms with Gasteiger partial charge in [0.25, 0.3) is 5.91 Å². The molecule has 28 heavy (non-hydrogen) atoms. The lowest BCUT2D eigenvalue weighted by Crippen LogP contribution is -2.37. The number of hydrogen-bond acceptors (Lipinski definition) is 4. The molecule has 1 aliphatic heterocycles. The first-order valence-corrected chi connectivity index (χ1v) is 10.9. The van der Waals surface area contributed by atoms with E-state index < -0.39 is 0 Å². The third-order valence-electron chi connectivity index (χ3n) is 5.37. The summed E-state index contributed by atoms with van der Waals surface area (Å²) in [6, 6.07) is 11.8. The van der Waals surface area contributed by atoms with E-state index in [9.17, 15) is 9.59 Å². The van der Waals surface area contributed by atoms with Crippen LogP contribution in [0.4, 0.5) is 5.69 Å². The monoisotopic (exact) mass is 395 g/mol. The van der Waals surface area contributed by atoms with Gasteiger partial charge < -0.3 is 10.2 Å². The molecular weight excluding hydrogens is 370 g/mol. The van der Waals surface area contributed by atoms with Gasteiger partial charge in [-0.05, 0) is 43.5 Å². The second-order valence-electron chi connectivity index (χ2n) is 7.39. The van der Waals surface area contributed by atoms with Crippen LogP contribution in [0.15, 0.2) is 52.5 Å². The Balaban J connectivity index is 1.44. The van der Waals surface area contributed by atoms with Gasteiger partial charge in [-0.3, -0.25) is 9.59 Å². The molecule has 4 rings (SSSR count). The summed E-state index contributed by atoms with van der Waals surface area (Å²) in [6.07, 6.45) is 8.65. The molecule has 0 unspecified atom stereocenters. The Morgan fingerprint density at radius 3 is 2.82 bits per heavy atom. The maximum atomic E-state index is 13.2. The van der Waals surface area contributed by atoms with Crippen LogP contribution in [0.25, 0.3) is 0 Å². The molecule has 2 aliphatic rings. The minimum absolute atomic E-state index is 0.0479. The van der Waals surface area contributed by atoms with Gasteiger partial charge in [-0.25, -0.2) is 4.98 Å². The van der Waals surface area contributed by atoms with Crippen molar-refractivity contribution in [3.05, 3.63) is 48.2 Å². The normalized spacial score (nSPS) is 16.9. The van der Waals surface area contributed by atoms with E-state index >= 15 is 0 Å². The number of benzene rings is 1. The highest BCUT2D eigenvalue weighted by molar-refractivity contribution is 7.99. The van der Waals surface area contributed by atoms with Crippen molar-refractivity contribution in [2.75, 3.05) is 11.4 Å². The molecule has 0 radical (unpaired) electrons. The molecule has 1 aromatic carbocycles. The maximum Gasteiger partial charge on any atom is 0.261 e. The van der Waals surface area contributed by atoms with Gasteiger partial charge in [0.15, 0.2) is 0 Å². The lowest BCUT2D eigenvalue weighted by Gasteiger charge is -2.24. The number of nitrogens with one attached hydrogen (secondary N) is 1. The minimum atomic E-state index is -0.0479. The number of hydrogen-bond donors (Lipinski definition) is 1. The molecule has 0 atom stereocenters. The molecule has 1 saturated carbocycles. The fourth-order valence-electron chi connectivity index (χ4n) is 3.93. The highest BCUT2D eigenvalue weighted by Crippen LogP contribution is 2.40. The Kier molecular flexibility index (Phi) is 5.95. The lowest BCUT2D eigenvalue weighted by molar-refractivity contribution is -0.122. The average molecular weight is 396 g/mol. The number of amides is 2. The number of pyridine rings is 1. The van der Waals surface area contributed by atoms with Crippen LogP contribution in [0.1, 0.15) is 55.3 Å². The Morgan fingerprint density at radius 2 is 1.96 bits per heavy atom. The third kappa shape index (κ3) is 4.22. The van der Waals surface area contributed by atoms with Crippen molar-refractivity contribution >= 4 is 29.3 Å². The molecule has 146 valence electrons. The average Bonchev–Trinajstić information content (AvgIpc) is 2.84. The van der Waals surface area contributed by atoms with Crippen molar-refractivity contribution in [2.45, 2.75) is 60.9 Å². The van der Waals surface area contributed by atoms with Crippen molar-refractivity contribution < 1.29 is 9.59 Å². The summed E-state index contributed by atoms with van der Waals surface area (Å²) >= 11 is 1.52. The number of para-hydroxylation sites is 1. The van der Waals surface area contributed by atoms with Crippen LogP contribution in [0.5, 0.6) is 0 Å². The quantitative estimate of drug-likeness (QED) is 0.814. The molecule has 5 nitrogen and oxygen atoms in total. The fourth-order valence-corrected chi connectivity index (χ4v) is 4.94. The van der Waals surface area contributed by atoms with Crippen LogP contribution in [-0.4, -0.2) is 29.4 Å². The SMILES string of the molecule is O=C(CCCN1C(=O)c2cccnc2Sc2ccccc21)NC1CCCCC1. The van der Waals surface area contributed by atoms with Crippen LogP contribution in [0.3, 0.4) is 0 Å². The largest absolute Gasteiger partial charge is 0.353 e. The Hall–Kier alpha value is -2.34. The van der Waals surface area contributed by atoms with E-state index in [2.05, 4.69) is 10.3 Å². The van der Waals surface area contributed by atoms with Crippen molar-refractivity contribution in [2.24, 2.45) is 0 Å². The summed E-state index contributed by atoms with van der Waals surface area (Å²) in [5.74, 6) is 0.0483. The van der Waals surface area contributed by atoms with Gasteiger partial charge in [0.2, 0.25) is 5.91 Å². The molecule has 2 heterocycles. The molecule has 2 aromatic rings. The summed E-state index contributed by atoms with van der Waals surface area (Å²) in [4.78, 5) is 32.7. The Labute approximate surface area is 169 Å². The van der Waals surface area contributed by atoms with E-state index in [1.165, 1.54) is 31.0 Å². The maximum absolute atomic E-state index is 13.2. The van der Waals surface area contributed by atoms with Crippen molar-refractivity contribution in [1.82, 2.24) is 10.3 Å². The van der Waals surface area contributed by atoms with E-state index in [0.717, 1.165) is 28.5 Å². The van der Waals surface area contributed by atoms with Crippen LogP contribution >= 0.6 is 11.8 Å². The van der Waals surface area contributed by atoms with Crippen molar-refractivity contribution in [3.8, 4) is 0 Å². The molecule has 1 N–H and O–H groups in total. The zero-order valence-electron chi connectivity index (χ0n) is 15.9. The van der Waals surface area contributed by atoms with E-state index in [1.807, 2.05) is 30.3 Å². The molecule has 1 fully saturated rings. The molecule has 6 heteroatoms. The van der Waals surface area contributed by atoms with Gasteiger partial charge in [0.05, 0.1) is 11.3 Å². The predicted octanol–water partition coefficient (Wildman–Crippen LogP) is 4.42. The minimum Gasteiger partial charge on any atom is -0.353 e. The number of aromatic nitrogens is 1. The Morgan fingerprint density at radius 1 is 1.14 bits per heavy atom. The lowest BCUT2D eigenvalue weighted by atomic mass is 9.95. The first-order chi connectivity index (χ1) is 13.7. The van der Waals surface area contributed by atoms with Gasteiger partial charge in [0, 0.05) is 30.1 Å². The van der Waals surface area contributed by atoms with Gasteiger partial charge in [-0.2, -0.15) is 0 Å². The van der Waals surface area contributed by atoms with E-state index in [-0.39, 0.29) is 11.8 Å². The summed E-state index contributed by atoms with van der Waals surface area (Å²) in [5, 5.41) is 3.89. The highest BCUT2D eigenvalue weighted by atomic mass is 32.2. The molecule has 1 aliphatic carbocycles. The van der Waals surface area contributed by atoms with Gasteiger partial charge >= 0.3 is 0 Å². The van der Waals surface area contributed by atoms with Gasteiger partial charge in [-0.15, -0.1) is 0 Å². The molecule has 0 spiro atoms. The number of rotatable bonds is 5. The second-order valence-corrected chi connectivity index (χ2v) is 8.42. The zero-order chi connectivity index (χ0) is 19.3. The summed E-state index contributed by atoms with van der Waals surface area (Å²) in [6.45, 7) is 0.517. The van der Waals surface area contributed by atoms with Crippen LogP contribution < -0.4 is 10.2 Å². The van der Waals surface area contributed by atoms with Crippen molar-refractivity contribution in [3.63, 3.8) is 0 Å². The Bertz CT molecular complexity index is 864. The first kappa shape index (κ1) is 19.0. The zero-order valence-corrected chi connectivity index (χ0v) is 16.7. The predicted molar refractivity (Wildman–Crippen MR) is 111 cm³/mol. The van der Waals surface area contributed by atoms with Crippen molar-refractivity contribution in [1.29, 1.82) is 0 Å². The molecule has 0 bridgehead atoms.